The Balaban J connectivity index is 1.78. The molecule has 0 aliphatic carbocycles. The van der Waals surface area contributed by atoms with Crippen LogP contribution in [0.15, 0.2) is 48.5 Å². The van der Waals surface area contributed by atoms with E-state index < -0.39 is 5.97 Å². The van der Waals surface area contributed by atoms with Crippen molar-refractivity contribution in [3.8, 4) is 5.75 Å². The van der Waals surface area contributed by atoms with Crippen LogP contribution in [0, 0.1) is 5.92 Å². The number of carboxylic acids is 1. The van der Waals surface area contributed by atoms with Crippen LogP contribution in [0.3, 0.4) is 0 Å². The largest absolute Gasteiger partial charge is 0.489 e. The molecule has 0 radical (unpaired) electrons. The maximum atomic E-state index is 10.5. The fraction of sp³-hybridized carbons (Fsp3) is 0.316. The molecule has 0 aromatic heterocycles. The summed E-state index contributed by atoms with van der Waals surface area (Å²) in [6.07, 6.45) is 0.890. The molecule has 1 atom stereocenters. The van der Waals surface area contributed by atoms with Crippen LogP contribution in [0.25, 0.3) is 0 Å². The SMILES string of the molecule is C[C@@H](CNCC(=O)O)Cc1ccc(OCc2cccc(Cl)c2)cc1. The van der Waals surface area contributed by atoms with Crippen molar-refractivity contribution in [1.82, 2.24) is 5.32 Å². The van der Waals surface area contributed by atoms with Gasteiger partial charge in [-0.25, -0.2) is 0 Å². The third kappa shape index (κ3) is 6.60. The zero-order valence-electron chi connectivity index (χ0n) is 13.7. The molecule has 0 aliphatic rings. The van der Waals surface area contributed by atoms with Crippen LogP contribution >= 0.6 is 11.6 Å². The second kappa shape index (κ2) is 9.30. The summed E-state index contributed by atoms with van der Waals surface area (Å²) in [4.78, 5) is 10.5. The van der Waals surface area contributed by atoms with Crippen LogP contribution in [0.4, 0.5) is 0 Å². The summed E-state index contributed by atoms with van der Waals surface area (Å²) >= 11 is 5.96. The quantitative estimate of drug-likeness (QED) is 0.725. The van der Waals surface area contributed by atoms with Crippen LogP contribution in [0.5, 0.6) is 5.75 Å². The van der Waals surface area contributed by atoms with E-state index in [9.17, 15) is 4.79 Å². The number of ether oxygens (including phenoxy) is 1. The lowest BCUT2D eigenvalue weighted by atomic mass is 10.0. The van der Waals surface area contributed by atoms with E-state index in [1.54, 1.807) is 0 Å². The Morgan fingerprint density at radius 1 is 1.21 bits per heavy atom. The van der Waals surface area contributed by atoms with Gasteiger partial charge in [0.15, 0.2) is 0 Å². The summed E-state index contributed by atoms with van der Waals surface area (Å²) in [6, 6.07) is 15.6. The van der Waals surface area contributed by atoms with Gasteiger partial charge in [0.2, 0.25) is 0 Å². The van der Waals surface area contributed by atoms with Gasteiger partial charge in [0.25, 0.3) is 0 Å². The Hall–Kier alpha value is -2.04. The maximum absolute atomic E-state index is 10.5. The molecule has 0 saturated heterocycles. The molecule has 0 unspecified atom stereocenters. The topological polar surface area (TPSA) is 58.6 Å². The molecule has 2 aromatic carbocycles. The summed E-state index contributed by atoms with van der Waals surface area (Å²) in [5.74, 6) is 0.348. The van der Waals surface area contributed by atoms with Crippen molar-refractivity contribution >= 4 is 17.6 Å². The molecule has 0 heterocycles. The van der Waals surface area contributed by atoms with Crippen LogP contribution in [-0.4, -0.2) is 24.2 Å². The van der Waals surface area contributed by atoms with Gasteiger partial charge in [0, 0.05) is 5.02 Å². The van der Waals surface area contributed by atoms with Crippen molar-refractivity contribution in [3.63, 3.8) is 0 Å². The van der Waals surface area contributed by atoms with Crippen molar-refractivity contribution in [2.24, 2.45) is 5.92 Å². The lowest BCUT2D eigenvalue weighted by molar-refractivity contribution is -0.135. The van der Waals surface area contributed by atoms with Gasteiger partial charge in [-0.15, -0.1) is 0 Å². The Kier molecular flexibility index (Phi) is 7.09. The first-order valence-corrected chi connectivity index (χ1v) is 8.29. The van der Waals surface area contributed by atoms with Crippen molar-refractivity contribution in [2.75, 3.05) is 13.1 Å². The number of nitrogens with one attached hydrogen (secondary N) is 1. The van der Waals surface area contributed by atoms with E-state index in [1.807, 2.05) is 48.5 Å². The number of rotatable bonds is 9. The van der Waals surface area contributed by atoms with Crippen molar-refractivity contribution in [3.05, 3.63) is 64.7 Å². The first-order valence-electron chi connectivity index (χ1n) is 7.91. The number of hydrogen-bond acceptors (Lipinski definition) is 3. The second-order valence-electron chi connectivity index (χ2n) is 5.90. The minimum absolute atomic E-state index is 0.000615. The average molecular weight is 348 g/mol. The van der Waals surface area contributed by atoms with Gasteiger partial charge < -0.3 is 15.2 Å². The number of aliphatic carboxylic acids is 1. The van der Waals surface area contributed by atoms with E-state index >= 15 is 0 Å². The Labute approximate surface area is 147 Å². The Bertz CT molecular complexity index is 658. The first kappa shape index (κ1) is 18.3. The number of halogens is 1. The molecule has 0 bridgehead atoms. The summed E-state index contributed by atoms with van der Waals surface area (Å²) in [5.41, 5.74) is 2.24. The van der Waals surface area contributed by atoms with Gasteiger partial charge in [-0.2, -0.15) is 0 Å². The van der Waals surface area contributed by atoms with E-state index in [1.165, 1.54) is 5.56 Å². The molecule has 0 fully saturated rings. The normalized spacial score (nSPS) is 11.9. The molecule has 24 heavy (non-hydrogen) atoms. The highest BCUT2D eigenvalue weighted by Crippen LogP contribution is 2.17. The summed E-state index contributed by atoms with van der Waals surface area (Å²) in [5, 5.41) is 12.2. The smallest absolute Gasteiger partial charge is 0.317 e. The van der Waals surface area contributed by atoms with Crippen LogP contribution in [0.2, 0.25) is 5.02 Å². The fourth-order valence-corrected chi connectivity index (χ4v) is 2.63. The highest BCUT2D eigenvalue weighted by Gasteiger charge is 2.05. The first-order chi connectivity index (χ1) is 11.5. The molecule has 4 nitrogen and oxygen atoms in total. The summed E-state index contributed by atoms with van der Waals surface area (Å²) in [7, 11) is 0. The molecule has 0 aliphatic heterocycles. The van der Waals surface area contributed by atoms with Gasteiger partial charge in [-0.1, -0.05) is 42.8 Å². The molecule has 0 amide bonds. The summed E-state index contributed by atoms with van der Waals surface area (Å²) in [6.45, 7) is 3.26. The van der Waals surface area contributed by atoms with E-state index in [-0.39, 0.29) is 6.54 Å². The van der Waals surface area contributed by atoms with Gasteiger partial charge >= 0.3 is 5.97 Å². The molecule has 2 aromatic rings. The maximum Gasteiger partial charge on any atom is 0.317 e. The minimum atomic E-state index is -0.830. The molecule has 128 valence electrons. The second-order valence-corrected chi connectivity index (χ2v) is 6.33. The van der Waals surface area contributed by atoms with Crippen LogP contribution in [0.1, 0.15) is 18.1 Å². The fourth-order valence-electron chi connectivity index (χ4n) is 2.42. The lowest BCUT2D eigenvalue weighted by Crippen LogP contribution is -2.27. The number of benzene rings is 2. The zero-order valence-corrected chi connectivity index (χ0v) is 14.4. The average Bonchev–Trinajstić information content (AvgIpc) is 2.54. The van der Waals surface area contributed by atoms with Crippen molar-refractivity contribution in [2.45, 2.75) is 20.0 Å². The van der Waals surface area contributed by atoms with Crippen LogP contribution < -0.4 is 10.1 Å². The number of hydrogen-bond donors (Lipinski definition) is 2. The highest BCUT2D eigenvalue weighted by molar-refractivity contribution is 6.30. The molecule has 2 N–H and O–H groups in total. The van der Waals surface area contributed by atoms with E-state index in [0.29, 0.717) is 24.1 Å². The van der Waals surface area contributed by atoms with Gasteiger partial charge in [0.1, 0.15) is 12.4 Å². The predicted molar refractivity (Wildman–Crippen MR) is 95.6 cm³/mol. The van der Waals surface area contributed by atoms with Crippen LogP contribution in [-0.2, 0) is 17.8 Å². The van der Waals surface area contributed by atoms with E-state index in [4.69, 9.17) is 21.4 Å². The van der Waals surface area contributed by atoms with E-state index in [0.717, 1.165) is 17.7 Å². The van der Waals surface area contributed by atoms with Crippen molar-refractivity contribution in [1.29, 1.82) is 0 Å². The summed E-state index contributed by atoms with van der Waals surface area (Å²) < 4.78 is 5.76. The minimum Gasteiger partial charge on any atom is -0.489 e. The molecule has 2 rings (SSSR count). The molecule has 5 heteroatoms. The van der Waals surface area contributed by atoms with Gasteiger partial charge in [-0.3, -0.25) is 4.79 Å². The highest BCUT2D eigenvalue weighted by atomic mass is 35.5. The standard InChI is InChI=1S/C19H22ClNO3/c1-14(11-21-12-19(22)23)9-15-5-7-18(8-6-15)24-13-16-3-2-4-17(20)10-16/h2-8,10,14,21H,9,11-13H2,1H3,(H,22,23)/t14-/m1/s1. The van der Waals surface area contributed by atoms with Crippen molar-refractivity contribution < 1.29 is 14.6 Å². The number of carbonyl (C=O) groups is 1. The van der Waals surface area contributed by atoms with Gasteiger partial charge in [-0.05, 0) is 54.3 Å². The molecular weight excluding hydrogens is 326 g/mol. The lowest BCUT2D eigenvalue weighted by Gasteiger charge is -2.12. The zero-order chi connectivity index (χ0) is 17.4. The third-order valence-corrected chi connectivity index (χ3v) is 3.81. The molecular formula is C19H22ClNO3. The monoisotopic (exact) mass is 347 g/mol. The molecule has 0 saturated carbocycles. The third-order valence-electron chi connectivity index (χ3n) is 3.57. The Morgan fingerprint density at radius 3 is 2.62 bits per heavy atom. The van der Waals surface area contributed by atoms with E-state index in [2.05, 4.69) is 12.2 Å². The Morgan fingerprint density at radius 2 is 1.96 bits per heavy atom. The van der Waals surface area contributed by atoms with Gasteiger partial charge in [0.05, 0.1) is 6.54 Å². The predicted octanol–water partition coefficient (Wildman–Crippen LogP) is 3.77. The molecule has 0 spiro atoms. The number of carboxylic acid groups (broad SMARTS) is 1.